The smallest absolute Gasteiger partial charge is 0.254 e. The van der Waals surface area contributed by atoms with Crippen LogP contribution >= 0.6 is 0 Å². The molecule has 2 aromatic rings. The molecule has 3 N–H and O–H groups in total. The average Bonchev–Trinajstić information content (AvgIpc) is 2.66. The molecule has 0 atom stereocenters. The summed E-state index contributed by atoms with van der Waals surface area (Å²) in [6.07, 6.45) is 3.38. The number of nitrogens with zero attached hydrogens (tertiary/aromatic N) is 1. The zero-order valence-corrected chi connectivity index (χ0v) is 16.0. The molecule has 0 bridgehead atoms. The van der Waals surface area contributed by atoms with Gasteiger partial charge in [0.25, 0.3) is 5.91 Å². The Hall–Kier alpha value is -2.73. The van der Waals surface area contributed by atoms with E-state index >= 15 is 0 Å². The van der Waals surface area contributed by atoms with Crippen LogP contribution in [0.25, 0.3) is 0 Å². The van der Waals surface area contributed by atoms with E-state index in [1.165, 1.54) is 19.1 Å². The van der Waals surface area contributed by atoms with E-state index in [-0.39, 0.29) is 23.9 Å². The molecule has 2 amide bonds. The lowest BCUT2D eigenvalue weighted by Crippen LogP contribution is -2.43. The van der Waals surface area contributed by atoms with Crippen LogP contribution in [0.15, 0.2) is 48.5 Å². The molecule has 1 saturated carbocycles. The topological polar surface area (TPSA) is 75.4 Å². The van der Waals surface area contributed by atoms with Gasteiger partial charge in [-0.3, -0.25) is 9.59 Å². The Morgan fingerprint density at radius 3 is 2.50 bits per heavy atom. The molecule has 0 unspecified atom stereocenters. The summed E-state index contributed by atoms with van der Waals surface area (Å²) in [4.78, 5) is 26.3. The second-order valence-corrected chi connectivity index (χ2v) is 7.39. The standard InChI is InChI=1S/C22H26FN3O2/c1-15(27)25-20-7-2-4-16(12-20)14-26(21-10-8-19(24)9-11-21)22(28)17-5-3-6-18(23)13-17/h2-7,12-13,19,21H,8-11,14,24H2,1H3,(H,25,27). The Bertz CT molecular complexity index is 847. The lowest BCUT2D eigenvalue weighted by Gasteiger charge is -2.36. The van der Waals surface area contributed by atoms with Crippen LogP contribution in [0.5, 0.6) is 0 Å². The van der Waals surface area contributed by atoms with Crippen molar-refractivity contribution >= 4 is 17.5 Å². The van der Waals surface area contributed by atoms with Crippen molar-refractivity contribution in [3.63, 3.8) is 0 Å². The summed E-state index contributed by atoms with van der Waals surface area (Å²) in [5.74, 6) is -0.764. The first kappa shape index (κ1) is 20.0. The van der Waals surface area contributed by atoms with E-state index in [1.807, 2.05) is 29.2 Å². The number of nitrogens with one attached hydrogen (secondary N) is 1. The molecule has 0 aromatic heterocycles. The lowest BCUT2D eigenvalue weighted by molar-refractivity contribution is -0.114. The Balaban J connectivity index is 1.86. The van der Waals surface area contributed by atoms with Crippen molar-refractivity contribution in [2.24, 2.45) is 5.73 Å². The van der Waals surface area contributed by atoms with Gasteiger partial charge in [0, 0.05) is 36.8 Å². The van der Waals surface area contributed by atoms with Crippen LogP contribution in [0, 0.1) is 5.82 Å². The number of carbonyl (C=O) groups excluding carboxylic acids is 2. The lowest BCUT2D eigenvalue weighted by atomic mass is 9.90. The second-order valence-electron chi connectivity index (χ2n) is 7.39. The quantitative estimate of drug-likeness (QED) is 0.827. The highest BCUT2D eigenvalue weighted by Crippen LogP contribution is 2.26. The summed E-state index contributed by atoms with van der Waals surface area (Å²) in [6, 6.07) is 13.5. The molecular weight excluding hydrogens is 357 g/mol. The fraction of sp³-hybridized carbons (Fsp3) is 0.364. The van der Waals surface area contributed by atoms with Gasteiger partial charge < -0.3 is 16.0 Å². The Labute approximate surface area is 164 Å². The fourth-order valence-corrected chi connectivity index (χ4v) is 3.71. The molecule has 1 aliphatic carbocycles. The third-order valence-corrected chi connectivity index (χ3v) is 5.11. The average molecular weight is 383 g/mol. The summed E-state index contributed by atoms with van der Waals surface area (Å²) in [6.45, 7) is 1.85. The second kappa shape index (κ2) is 8.97. The maximum Gasteiger partial charge on any atom is 0.254 e. The van der Waals surface area contributed by atoms with Crippen molar-refractivity contribution < 1.29 is 14.0 Å². The number of carbonyl (C=O) groups is 2. The summed E-state index contributed by atoms with van der Waals surface area (Å²) >= 11 is 0. The van der Waals surface area contributed by atoms with Crippen molar-refractivity contribution in [1.29, 1.82) is 0 Å². The number of halogens is 1. The first-order chi connectivity index (χ1) is 13.4. The van der Waals surface area contributed by atoms with Crippen LogP contribution in [-0.4, -0.2) is 28.8 Å². The minimum Gasteiger partial charge on any atom is -0.331 e. The van der Waals surface area contributed by atoms with E-state index in [1.54, 1.807) is 12.1 Å². The Morgan fingerprint density at radius 1 is 1.11 bits per heavy atom. The van der Waals surface area contributed by atoms with Crippen LogP contribution in [0.1, 0.15) is 48.5 Å². The summed E-state index contributed by atoms with van der Waals surface area (Å²) in [5, 5.41) is 2.76. The molecular formula is C22H26FN3O2. The van der Waals surface area contributed by atoms with Crippen molar-refractivity contribution in [3.05, 3.63) is 65.5 Å². The fourth-order valence-electron chi connectivity index (χ4n) is 3.71. The molecule has 0 saturated heterocycles. The zero-order chi connectivity index (χ0) is 20.1. The maximum atomic E-state index is 13.7. The van der Waals surface area contributed by atoms with Crippen molar-refractivity contribution in [3.8, 4) is 0 Å². The Morgan fingerprint density at radius 2 is 1.82 bits per heavy atom. The van der Waals surface area contributed by atoms with E-state index in [0.29, 0.717) is 17.8 Å². The maximum absolute atomic E-state index is 13.7. The third-order valence-electron chi connectivity index (χ3n) is 5.11. The molecule has 0 aliphatic heterocycles. The van der Waals surface area contributed by atoms with Crippen LogP contribution in [0.3, 0.4) is 0 Å². The van der Waals surface area contributed by atoms with Crippen LogP contribution in [0.2, 0.25) is 0 Å². The molecule has 3 rings (SSSR count). The number of hydrogen-bond donors (Lipinski definition) is 2. The van der Waals surface area contributed by atoms with E-state index in [2.05, 4.69) is 5.32 Å². The molecule has 2 aromatic carbocycles. The van der Waals surface area contributed by atoms with Gasteiger partial charge in [-0.2, -0.15) is 0 Å². The third kappa shape index (κ3) is 5.16. The van der Waals surface area contributed by atoms with E-state index in [0.717, 1.165) is 31.2 Å². The number of rotatable bonds is 5. The predicted molar refractivity (Wildman–Crippen MR) is 107 cm³/mol. The number of hydrogen-bond acceptors (Lipinski definition) is 3. The normalized spacial score (nSPS) is 19.1. The summed E-state index contributed by atoms with van der Waals surface area (Å²) < 4.78 is 13.7. The van der Waals surface area contributed by atoms with Crippen LogP contribution < -0.4 is 11.1 Å². The molecule has 1 fully saturated rings. The molecule has 6 heteroatoms. The first-order valence-electron chi connectivity index (χ1n) is 9.61. The highest BCUT2D eigenvalue weighted by molar-refractivity contribution is 5.94. The van der Waals surface area contributed by atoms with Gasteiger partial charge in [0.2, 0.25) is 5.91 Å². The molecule has 5 nitrogen and oxygen atoms in total. The molecule has 28 heavy (non-hydrogen) atoms. The first-order valence-corrected chi connectivity index (χ1v) is 9.61. The number of benzene rings is 2. The van der Waals surface area contributed by atoms with Gasteiger partial charge in [-0.05, 0) is 61.6 Å². The largest absolute Gasteiger partial charge is 0.331 e. The molecule has 148 valence electrons. The SMILES string of the molecule is CC(=O)Nc1cccc(CN(C(=O)c2cccc(F)c2)C2CCC(N)CC2)c1. The molecule has 0 radical (unpaired) electrons. The highest BCUT2D eigenvalue weighted by Gasteiger charge is 2.28. The minimum absolute atomic E-state index is 0.0555. The monoisotopic (exact) mass is 383 g/mol. The van der Waals surface area contributed by atoms with Gasteiger partial charge in [0.05, 0.1) is 0 Å². The van der Waals surface area contributed by atoms with Crippen LogP contribution in [-0.2, 0) is 11.3 Å². The van der Waals surface area contributed by atoms with Gasteiger partial charge in [-0.25, -0.2) is 4.39 Å². The Kier molecular flexibility index (Phi) is 6.41. The summed E-state index contributed by atoms with van der Waals surface area (Å²) in [5.41, 5.74) is 7.97. The van der Waals surface area contributed by atoms with Gasteiger partial charge in [0.1, 0.15) is 5.82 Å². The molecule has 1 aliphatic rings. The highest BCUT2D eigenvalue weighted by atomic mass is 19.1. The number of amides is 2. The van der Waals surface area contributed by atoms with Gasteiger partial charge in [-0.15, -0.1) is 0 Å². The number of anilines is 1. The van der Waals surface area contributed by atoms with E-state index in [4.69, 9.17) is 5.73 Å². The van der Waals surface area contributed by atoms with Gasteiger partial charge in [0.15, 0.2) is 0 Å². The van der Waals surface area contributed by atoms with Gasteiger partial charge in [-0.1, -0.05) is 18.2 Å². The van der Waals surface area contributed by atoms with Crippen molar-refractivity contribution in [2.45, 2.75) is 51.2 Å². The predicted octanol–water partition coefficient (Wildman–Crippen LogP) is 3.70. The van der Waals surface area contributed by atoms with Crippen molar-refractivity contribution in [1.82, 2.24) is 4.90 Å². The summed E-state index contributed by atoms with van der Waals surface area (Å²) in [7, 11) is 0. The molecule has 0 heterocycles. The van der Waals surface area contributed by atoms with Crippen molar-refractivity contribution in [2.75, 3.05) is 5.32 Å². The number of nitrogens with two attached hydrogens (primary N) is 1. The van der Waals surface area contributed by atoms with E-state index < -0.39 is 5.82 Å². The van der Waals surface area contributed by atoms with Gasteiger partial charge >= 0.3 is 0 Å². The zero-order valence-electron chi connectivity index (χ0n) is 16.0. The van der Waals surface area contributed by atoms with Crippen LogP contribution in [0.4, 0.5) is 10.1 Å². The molecule has 0 spiro atoms. The minimum atomic E-state index is -0.427. The van der Waals surface area contributed by atoms with E-state index in [9.17, 15) is 14.0 Å².